The molecule has 22 heavy (non-hydrogen) atoms. The van der Waals surface area contributed by atoms with Crippen molar-refractivity contribution in [3.63, 3.8) is 0 Å². The van der Waals surface area contributed by atoms with Gasteiger partial charge in [-0.3, -0.25) is 0 Å². The SMILES string of the molecule is OC1CCC(C2CCC(CCC3CCC(P)CC3)CC2)CC1. The summed E-state index contributed by atoms with van der Waals surface area (Å²) in [6.07, 6.45) is 19.7. The van der Waals surface area contributed by atoms with Gasteiger partial charge in [-0.25, -0.2) is 0 Å². The van der Waals surface area contributed by atoms with Gasteiger partial charge < -0.3 is 5.11 Å². The Morgan fingerprint density at radius 3 is 1.50 bits per heavy atom. The van der Waals surface area contributed by atoms with Gasteiger partial charge in [-0.1, -0.05) is 25.7 Å². The van der Waals surface area contributed by atoms with Crippen LogP contribution in [-0.4, -0.2) is 16.9 Å². The summed E-state index contributed by atoms with van der Waals surface area (Å²) in [6, 6.07) is 0. The Morgan fingerprint density at radius 1 is 0.591 bits per heavy atom. The van der Waals surface area contributed by atoms with Gasteiger partial charge in [0.2, 0.25) is 0 Å². The van der Waals surface area contributed by atoms with Crippen molar-refractivity contribution >= 4 is 9.24 Å². The summed E-state index contributed by atoms with van der Waals surface area (Å²) in [5.41, 5.74) is 0.917. The van der Waals surface area contributed by atoms with Crippen molar-refractivity contribution in [3.8, 4) is 0 Å². The van der Waals surface area contributed by atoms with E-state index in [-0.39, 0.29) is 6.10 Å². The molecule has 0 spiro atoms. The van der Waals surface area contributed by atoms with Gasteiger partial charge in [-0.05, 0) is 93.5 Å². The minimum atomic E-state index is 0.0178. The van der Waals surface area contributed by atoms with Gasteiger partial charge in [0.05, 0.1) is 6.10 Å². The largest absolute Gasteiger partial charge is 0.393 e. The van der Waals surface area contributed by atoms with Gasteiger partial charge >= 0.3 is 0 Å². The number of rotatable bonds is 4. The summed E-state index contributed by atoms with van der Waals surface area (Å²) in [5, 5.41) is 9.68. The predicted octanol–water partition coefficient (Wildman–Crippen LogP) is 5.56. The van der Waals surface area contributed by atoms with E-state index in [9.17, 15) is 5.11 Å². The Morgan fingerprint density at radius 2 is 1.00 bits per heavy atom. The molecule has 0 aromatic carbocycles. The normalized spacial score (nSPS) is 43.9. The molecule has 3 saturated carbocycles. The van der Waals surface area contributed by atoms with E-state index in [1.165, 1.54) is 77.0 Å². The molecule has 1 atom stereocenters. The molecule has 0 radical (unpaired) electrons. The zero-order chi connectivity index (χ0) is 15.4. The second kappa shape index (κ2) is 8.48. The minimum Gasteiger partial charge on any atom is -0.393 e. The minimum absolute atomic E-state index is 0.0178. The molecule has 1 unspecified atom stereocenters. The van der Waals surface area contributed by atoms with Crippen LogP contribution in [-0.2, 0) is 0 Å². The maximum atomic E-state index is 9.68. The van der Waals surface area contributed by atoms with Crippen LogP contribution in [0.15, 0.2) is 0 Å². The van der Waals surface area contributed by atoms with Crippen molar-refractivity contribution in [2.24, 2.45) is 23.7 Å². The molecule has 128 valence electrons. The van der Waals surface area contributed by atoms with Gasteiger partial charge in [-0.15, -0.1) is 9.24 Å². The Kier molecular flexibility index (Phi) is 6.64. The van der Waals surface area contributed by atoms with E-state index in [0.29, 0.717) is 0 Å². The first kappa shape index (κ1) is 17.2. The molecule has 0 bridgehead atoms. The third-order valence-corrected chi connectivity index (χ3v) is 7.84. The highest BCUT2D eigenvalue weighted by Crippen LogP contribution is 2.42. The van der Waals surface area contributed by atoms with E-state index in [1.54, 1.807) is 0 Å². The molecule has 3 aliphatic carbocycles. The Hall–Kier alpha value is 0.390. The average Bonchev–Trinajstić information content (AvgIpc) is 2.56. The van der Waals surface area contributed by atoms with Gasteiger partial charge in [0, 0.05) is 0 Å². The van der Waals surface area contributed by atoms with E-state index in [1.807, 2.05) is 0 Å². The van der Waals surface area contributed by atoms with Gasteiger partial charge in [0.1, 0.15) is 0 Å². The first-order chi connectivity index (χ1) is 10.7. The van der Waals surface area contributed by atoms with Crippen LogP contribution < -0.4 is 0 Å². The molecule has 3 aliphatic rings. The van der Waals surface area contributed by atoms with Crippen molar-refractivity contribution in [1.29, 1.82) is 0 Å². The topological polar surface area (TPSA) is 20.2 Å². The first-order valence-electron chi connectivity index (χ1n) is 10.1. The van der Waals surface area contributed by atoms with Crippen LogP contribution in [0.5, 0.6) is 0 Å². The Balaban J connectivity index is 1.32. The van der Waals surface area contributed by atoms with Crippen molar-refractivity contribution in [2.45, 2.75) is 102 Å². The van der Waals surface area contributed by atoms with Crippen molar-refractivity contribution < 1.29 is 5.11 Å². The fraction of sp³-hybridized carbons (Fsp3) is 1.00. The van der Waals surface area contributed by atoms with Gasteiger partial charge in [-0.2, -0.15) is 0 Å². The van der Waals surface area contributed by atoms with E-state index in [4.69, 9.17) is 0 Å². The van der Waals surface area contributed by atoms with Gasteiger partial charge in [0.25, 0.3) is 0 Å². The van der Waals surface area contributed by atoms with Crippen molar-refractivity contribution in [3.05, 3.63) is 0 Å². The smallest absolute Gasteiger partial charge is 0.0540 e. The first-order valence-corrected chi connectivity index (χ1v) is 10.8. The summed E-state index contributed by atoms with van der Waals surface area (Å²) in [7, 11) is 3.03. The lowest BCUT2D eigenvalue weighted by Gasteiger charge is -2.37. The fourth-order valence-electron chi connectivity index (χ4n) is 5.47. The molecule has 0 saturated heterocycles. The monoisotopic (exact) mass is 324 g/mol. The number of hydrogen-bond acceptors (Lipinski definition) is 1. The lowest BCUT2D eigenvalue weighted by atomic mass is 9.69. The maximum Gasteiger partial charge on any atom is 0.0540 e. The average molecular weight is 324 g/mol. The fourth-order valence-corrected chi connectivity index (χ4v) is 5.85. The van der Waals surface area contributed by atoms with Crippen LogP contribution in [0.2, 0.25) is 0 Å². The highest BCUT2D eigenvalue weighted by molar-refractivity contribution is 7.17. The molecule has 0 aromatic heterocycles. The molecular weight excluding hydrogens is 287 g/mol. The highest BCUT2D eigenvalue weighted by Gasteiger charge is 2.30. The molecule has 3 rings (SSSR count). The second-order valence-corrected chi connectivity index (χ2v) is 9.65. The second-order valence-electron chi connectivity index (χ2n) is 8.71. The molecule has 1 N–H and O–H groups in total. The third-order valence-electron chi connectivity index (χ3n) is 7.17. The van der Waals surface area contributed by atoms with Crippen LogP contribution in [0.25, 0.3) is 0 Å². The number of hydrogen-bond donors (Lipinski definition) is 1. The van der Waals surface area contributed by atoms with Crippen LogP contribution in [0.4, 0.5) is 0 Å². The molecule has 2 heteroatoms. The lowest BCUT2D eigenvalue weighted by molar-refractivity contribution is 0.0758. The van der Waals surface area contributed by atoms with Crippen LogP contribution >= 0.6 is 9.24 Å². The quantitative estimate of drug-likeness (QED) is 0.671. The molecule has 0 amide bonds. The summed E-state index contributed by atoms with van der Waals surface area (Å²) in [5.74, 6) is 4.03. The Labute approximate surface area is 140 Å². The Bertz CT molecular complexity index is 308. The number of aliphatic hydroxyl groups is 1. The zero-order valence-electron chi connectivity index (χ0n) is 14.4. The van der Waals surface area contributed by atoms with Crippen LogP contribution in [0, 0.1) is 23.7 Å². The summed E-state index contributed by atoms with van der Waals surface area (Å²) in [6.45, 7) is 0. The summed E-state index contributed by atoms with van der Waals surface area (Å²) in [4.78, 5) is 0. The van der Waals surface area contributed by atoms with Gasteiger partial charge in [0.15, 0.2) is 0 Å². The van der Waals surface area contributed by atoms with E-state index in [2.05, 4.69) is 9.24 Å². The third kappa shape index (κ3) is 4.94. The van der Waals surface area contributed by atoms with E-state index in [0.717, 1.165) is 42.2 Å². The summed E-state index contributed by atoms with van der Waals surface area (Å²) < 4.78 is 0. The molecule has 0 aliphatic heterocycles. The molecular formula is C20H37OP. The number of aliphatic hydroxyl groups excluding tert-OH is 1. The van der Waals surface area contributed by atoms with E-state index < -0.39 is 0 Å². The molecule has 1 nitrogen and oxygen atoms in total. The molecule has 0 heterocycles. The zero-order valence-corrected chi connectivity index (χ0v) is 15.5. The van der Waals surface area contributed by atoms with Crippen LogP contribution in [0.3, 0.4) is 0 Å². The van der Waals surface area contributed by atoms with Crippen molar-refractivity contribution in [1.82, 2.24) is 0 Å². The molecule has 3 fully saturated rings. The summed E-state index contributed by atoms with van der Waals surface area (Å²) >= 11 is 0. The molecule has 0 aromatic rings. The lowest BCUT2D eigenvalue weighted by Crippen LogP contribution is -2.27. The van der Waals surface area contributed by atoms with Crippen LogP contribution in [0.1, 0.15) is 89.9 Å². The van der Waals surface area contributed by atoms with E-state index >= 15 is 0 Å². The maximum absolute atomic E-state index is 9.68. The van der Waals surface area contributed by atoms with Crippen molar-refractivity contribution in [2.75, 3.05) is 0 Å². The standard InChI is InChI=1S/C20H37OP/c21-19-11-9-18(10-12-19)17-7-3-15(4-8-17)1-2-16-5-13-20(22)14-6-16/h15-21H,1-14,22H2. The predicted molar refractivity (Wildman–Crippen MR) is 98.1 cm³/mol. The highest BCUT2D eigenvalue weighted by atomic mass is 31.0.